The Morgan fingerprint density at radius 3 is 2.62 bits per heavy atom. The Morgan fingerprint density at radius 2 is 2.08 bits per heavy atom. The molecule has 0 amide bonds. The number of phenols is 1. The first-order valence-electron chi connectivity index (χ1n) is 3.92. The number of rotatable bonds is 2. The second-order valence-electron chi connectivity index (χ2n) is 2.96. The van der Waals surface area contributed by atoms with Crippen molar-refractivity contribution in [1.82, 2.24) is 5.48 Å². The van der Waals surface area contributed by atoms with Crippen molar-refractivity contribution in [3.63, 3.8) is 0 Å². The summed E-state index contributed by atoms with van der Waals surface area (Å²) < 4.78 is 0.891. The zero-order chi connectivity index (χ0) is 10.0. The third kappa shape index (κ3) is 2.02. The van der Waals surface area contributed by atoms with Gasteiger partial charge in [-0.3, -0.25) is 0 Å². The lowest BCUT2D eigenvalue weighted by Crippen LogP contribution is -2.08. The highest BCUT2D eigenvalue weighted by Crippen LogP contribution is 2.30. The van der Waals surface area contributed by atoms with Crippen molar-refractivity contribution in [1.29, 1.82) is 0 Å². The van der Waals surface area contributed by atoms with E-state index in [-0.39, 0.29) is 5.75 Å². The molecule has 72 valence electrons. The van der Waals surface area contributed by atoms with Gasteiger partial charge in [-0.15, -0.1) is 0 Å². The molecule has 0 aliphatic carbocycles. The molecule has 0 heterocycles. The van der Waals surface area contributed by atoms with E-state index in [9.17, 15) is 5.11 Å². The second kappa shape index (κ2) is 4.09. The quantitative estimate of drug-likeness (QED) is 0.701. The lowest BCUT2D eigenvalue weighted by molar-refractivity contribution is 0.161. The molecule has 0 unspecified atom stereocenters. The molecule has 0 atom stereocenters. The highest BCUT2D eigenvalue weighted by atomic mass is 79.9. The van der Waals surface area contributed by atoms with E-state index in [1.807, 2.05) is 19.9 Å². The van der Waals surface area contributed by atoms with E-state index >= 15 is 0 Å². The molecule has 0 aliphatic heterocycles. The van der Waals surface area contributed by atoms with Crippen molar-refractivity contribution in [3.05, 3.63) is 27.2 Å². The molecule has 3 N–H and O–H groups in total. The predicted molar refractivity (Wildman–Crippen MR) is 53.9 cm³/mol. The number of nitrogens with one attached hydrogen (secondary N) is 1. The van der Waals surface area contributed by atoms with Gasteiger partial charge in [-0.25, -0.2) is 5.48 Å². The third-order valence-corrected chi connectivity index (χ3v) is 2.78. The van der Waals surface area contributed by atoms with Crippen LogP contribution in [0.5, 0.6) is 5.75 Å². The second-order valence-corrected chi connectivity index (χ2v) is 3.82. The number of hydrogen-bond acceptors (Lipinski definition) is 3. The summed E-state index contributed by atoms with van der Waals surface area (Å²) in [7, 11) is 0. The molecule has 0 bridgehead atoms. The summed E-state index contributed by atoms with van der Waals surface area (Å²) in [5, 5.41) is 18.2. The van der Waals surface area contributed by atoms with Crippen LogP contribution in [0, 0.1) is 13.8 Å². The summed E-state index contributed by atoms with van der Waals surface area (Å²) in [6, 6.07) is 1.83. The summed E-state index contributed by atoms with van der Waals surface area (Å²) >= 11 is 3.37. The number of hydrogen-bond donors (Lipinski definition) is 3. The van der Waals surface area contributed by atoms with Gasteiger partial charge < -0.3 is 10.3 Å². The number of aryl methyl sites for hydroxylation is 1. The van der Waals surface area contributed by atoms with E-state index in [0.29, 0.717) is 6.54 Å². The molecule has 3 nitrogen and oxygen atoms in total. The van der Waals surface area contributed by atoms with Crippen molar-refractivity contribution < 1.29 is 10.3 Å². The van der Waals surface area contributed by atoms with Crippen LogP contribution >= 0.6 is 15.9 Å². The standard InChI is InChI=1S/C9H12BrNO2/c1-5-3-8(10)7(4-11-13)6(2)9(5)12/h3,11-13H,4H2,1-2H3. The normalized spacial score (nSPS) is 10.5. The van der Waals surface area contributed by atoms with E-state index < -0.39 is 0 Å². The minimum atomic E-state index is 0.286. The molecule has 0 saturated carbocycles. The minimum absolute atomic E-state index is 0.286. The number of aromatic hydroxyl groups is 1. The van der Waals surface area contributed by atoms with E-state index in [1.54, 1.807) is 0 Å². The average molecular weight is 246 g/mol. The molecule has 4 heteroatoms. The largest absolute Gasteiger partial charge is 0.507 e. The van der Waals surface area contributed by atoms with Gasteiger partial charge in [-0.1, -0.05) is 15.9 Å². The molecule has 0 fully saturated rings. The smallest absolute Gasteiger partial charge is 0.121 e. The van der Waals surface area contributed by atoms with Crippen LogP contribution < -0.4 is 5.48 Å². The predicted octanol–water partition coefficient (Wildman–Crippen LogP) is 2.25. The first-order valence-corrected chi connectivity index (χ1v) is 4.71. The average Bonchev–Trinajstić information content (AvgIpc) is 2.09. The van der Waals surface area contributed by atoms with Crippen LogP contribution in [0.1, 0.15) is 16.7 Å². The Hall–Kier alpha value is -0.580. The number of hydroxylamine groups is 1. The SMILES string of the molecule is Cc1cc(Br)c(CNO)c(C)c1O. The maximum Gasteiger partial charge on any atom is 0.121 e. The maximum atomic E-state index is 9.61. The fraction of sp³-hybridized carbons (Fsp3) is 0.333. The molecule has 0 aliphatic rings. The fourth-order valence-corrected chi connectivity index (χ4v) is 2.04. The first kappa shape index (κ1) is 10.5. The topological polar surface area (TPSA) is 52.5 Å². The lowest BCUT2D eigenvalue weighted by Gasteiger charge is -2.11. The van der Waals surface area contributed by atoms with Crippen LogP contribution in [0.25, 0.3) is 0 Å². The molecule has 0 aromatic heterocycles. The third-order valence-electron chi connectivity index (χ3n) is 2.07. The Bertz CT molecular complexity index is 326. The minimum Gasteiger partial charge on any atom is -0.507 e. The van der Waals surface area contributed by atoms with E-state index in [0.717, 1.165) is 21.2 Å². The molecular weight excluding hydrogens is 234 g/mol. The number of phenolic OH excluding ortho intramolecular Hbond substituents is 1. The van der Waals surface area contributed by atoms with Crippen molar-refractivity contribution in [2.24, 2.45) is 0 Å². The molecular formula is C9H12BrNO2. The highest BCUT2D eigenvalue weighted by Gasteiger charge is 2.09. The Morgan fingerprint density at radius 1 is 1.46 bits per heavy atom. The van der Waals surface area contributed by atoms with Crippen molar-refractivity contribution in [3.8, 4) is 5.75 Å². The molecule has 1 aromatic rings. The van der Waals surface area contributed by atoms with Crippen LogP contribution in [0.3, 0.4) is 0 Å². The molecule has 1 rings (SSSR count). The van der Waals surface area contributed by atoms with Crippen LogP contribution in [0.15, 0.2) is 10.5 Å². The van der Waals surface area contributed by atoms with Gasteiger partial charge in [0.1, 0.15) is 5.75 Å². The Balaban J connectivity index is 3.26. The summed E-state index contributed by atoms with van der Waals surface area (Å²) in [4.78, 5) is 0. The van der Waals surface area contributed by atoms with Crippen LogP contribution in [-0.2, 0) is 6.54 Å². The summed E-state index contributed by atoms with van der Waals surface area (Å²) in [6.07, 6.45) is 0. The lowest BCUT2D eigenvalue weighted by atomic mass is 10.0. The number of halogens is 1. The fourth-order valence-electron chi connectivity index (χ4n) is 1.26. The van der Waals surface area contributed by atoms with Gasteiger partial charge in [0.05, 0.1) is 0 Å². The van der Waals surface area contributed by atoms with Crippen LogP contribution in [0.4, 0.5) is 0 Å². The molecule has 0 radical (unpaired) electrons. The van der Waals surface area contributed by atoms with Gasteiger partial charge in [0.15, 0.2) is 0 Å². The maximum absolute atomic E-state index is 9.61. The first-order chi connectivity index (χ1) is 6.07. The Kier molecular flexibility index (Phi) is 3.30. The summed E-state index contributed by atoms with van der Waals surface area (Å²) in [5.74, 6) is 0.286. The summed E-state index contributed by atoms with van der Waals surface area (Å²) in [5.41, 5.74) is 4.55. The van der Waals surface area contributed by atoms with Crippen molar-refractivity contribution in [2.45, 2.75) is 20.4 Å². The van der Waals surface area contributed by atoms with Gasteiger partial charge in [-0.05, 0) is 36.6 Å². The summed E-state index contributed by atoms with van der Waals surface area (Å²) in [6.45, 7) is 3.98. The van der Waals surface area contributed by atoms with E-state index in [2.05, 4.69) is 21.4 Å². The van der Waals surface area contributed by atoms with Crippen LogP contribution in [-0.4, -0.2) is 10.3 Å². The van der Waals surface area contributed by atoms with Gasteiger partial charge in [-0.2, -0.15) is 0 Å². The van der Waals surface area contributed by atoms with Crippen molar-refractivity contribution in [2.75, 3.05) is 0 Å². The molecule has 13 heavy (non-hydrogen) atoms. The van der Waals surface area contributed by atoms with E-state index in [4.69, 9.17) is 5.21 Å². The van der Waals surface area contributed by atoms with Gasteiger partial charge in [0, 0.05) is 11.0 Å². The van der Waals surface area contributed by atoms with Gasteiger partial charge in [0.25, 0.3) is 0 Å². The Labute approximate surface area is 85.5 Å². The molecule has 0 spiro atoms. The van der Waals surface area contributed by atoms with E-state index in [1.165, 1.54) is 0 Å². The van der Waals surface area contributed by atoms with Crippen molar-refractivity contribution >= 4 is 15.9 Å². The molecule has 1 aromatic carbocycles. The monoisotopic (exact) mass is 245 g/mol. The zero-order valence-corrected chi connectivity index (χ0v) is 9.14. The highest BCUT2D eigenvalue weighted by molar-refractivity contribution is 9.10. The number of benzene rings is 1. The molecule has 0 saturated heterocycles. The van der Waals surface area contributed by atoms with Gasteiger partial charge in [0.2, 0.25) is 0 Å². The van der Waals surface area contributed by atoms with Crippen LogP contribution in [0.2, 0.25) is 0 Å². The zero-order valence-electron chi connectivity index (χ0n) is 7.56. The van der Waals surface area contributed by atoms with Gasteiger partial charge >= 0.3 is 0 Å².